The van der Waals surface area contributed by atoms with Gasteiger partial charge in [-0.25, -0.2) is 4.98 Å². The lowest BCUT2D eigenvalue weighted by atomic mass is 9.92. The molecule has 0 unspecified atom stereocenters. The molecule has 1 aromatic heterocycles. The number of ether oxygens (including phenoxy) is 1. The second-order valence-electron chi connectivity index (χ2n) is 6.97. The molecule has 4 heterocycles. The van der Waals surface area contributed by atoms with E-state index in [1.165, 1.54) is 12.4 Å². The molecule has 1 spiro atoms. The molecule has 1 atom stereocenters. The van der Waals surface area contributed by atoms with E-state index in [0.717, 1.165) is 38.1 Å². The third kappa shape index (κ3) is 3.50. The number of likely N-dealkylation sites (tertiary alicyclic amines) is 2. The number of aromatic nitrogens is 2. The van der Waals surface area contributed by atoms with E-state index >= 15 is 0 Å². The highest BCUT2D eigenvalue weighted by atomic mass is 32.2. The van der Waals surface area contributed by atoms with Gasteiger partial charge in [0.25, 0.3) is 5.91 Å². The number of amides is 2. The van der Waals surface area contributed by atoms with Crippen molar-refractivity contribution in [1.29, 1.82) is 0 Å². The van der Waals surface area contributed by atoms with Gasteiger partial charge in [0.1, 0.15) is 12.3 Å². The lowest BCUT2D eigenvalue weighted by molar-refractivity contribution is -0.136. The van der Waals surface area contributed by atoms with Gasteiger partial charge >= 0.3 is 0 Å². The molecule has 0 aliphatic carbocycles. The average Bonchev–Trinajstić information content (AvgIpc) is 3.28. The van der Waals surface area contributed by atoms with Crippen LogP contribution < -0.4 is 0 Å². The Bertz CT molecular complexity index is 645. The molecule has 3 aliphatic rings. The van der Waals surface area contributed by atoms with E-state index in [9.17, 15) is 9.59 Å². The average molecular weight is 362 g/mol. The minimum atomic E-state index is -0.0621. The second-order valence-corrected chi connectivity index (χ2v) is 8.46. The lowest BCUT2D eigenvalue weighted by Crippen LogP contribution is -2.60. The fourth-order valence-corrected chi connectivity index (χ4v) is 5.29. The first-order valence-corrected chi connectivity index (χ1v) is 9.72. The summed E-state index contributed by atoms with van der Waals surface area (Å²) in [7, 11) is 0. The normalized spacial score (nSPS) is 24.6. The minimum absolute atomic E-state index is 0.0621. The predicted octanol–water partition coefficient (Wildman–Crippen LogP) is 0.816. The number of nitrogens with zero attached hydrogens (tertiary/aromatic N) is 4. The molecule has 0 bridgehead atoms. The Morgan fingerprint density at radius 2 is 2.04 bits per heavy atom. The Morgan fingerprint density at radius 3 is 2.76 bits per heavy atom. The highest BCUT2D eigenvalue weighted by Gasteiger charge is 2.51. The quantitative estimate of drug-likeness (QED) is 0.789. The zero-order valence-corrected chi connectivity index (χ0v) is 14.9. The molecule has 0 N–H and O–H groups in total. The molecule has 4 rings (SSSR count). The fraction of sp³-hybridized carbons (Fsp3) is 0.647. The van der Waals surface area contributed by atoms with Crippen molar-refractivity contribution in [2.45, 2.75) is 30.1 Å². The van der Waals surface area contributed by atoms with Crippen molar-refractivity contribution in [3.05, 3.63) is 24.3 Å². The summed E-state index contributed by atoms with van der Waals surface area (Å²) in [5.74, 6) is 0.935. The van der Waals surface area contributed by atoms with Gasteiger partial charge in [-0.3, -0.25) is 14.6 Å². The van der Waals surface area contributed by atoms with Crippen LogP contribution in [0, 0.1) is 0 Å². The Kier molecular flexibility index (Phi) is 4.64. The van der Waals surface area contributed by atoms with Crippen LogP contribution in [0.25, 0.3) is 0 Å². The van der Waals surface area contributed by atoms with Crippen LogP contribution in [-0.4, -0.2) is 81.0 Å². The van der Waals surface area contributed by atoms with Crippen molar-refractivity contribution in [1.82, 2.24) is 19.8 Å². The van der Waals surface area contributed by atoms with Crippen molar-refractivity contribution in [3.63, 3.8) is 0 Å². The SMILES string of the molecule is O=C(CO[C@H]1CSC2(C1)CN(C(=O)c1cnccn1)C2)N1CCCC1. The summed E-state index contributed by atoms with van der Waals surface area (Å²) in [6.45, 7) is 3.35. The molecule has 7 nitrogen and oxygen atoms in total. The molecule has 2 amide bonds. The Labute approximate surface area is 151 Å². The van der Waals surface area contributed by atoms with Crippen LogP contribution in [0.4, 0.5) is 0 Å². The summed E-state index contributed by atoms with van der Waals surface area (Å²) in [4.78, 5) is 36.1. The lowest BCUT2D eigenvalue weighted by Gasteiger charge is -2.47. The molecule has 1 aromatic rings. The van der Waals surface area contributed by atoms with Crippen molar-refractivity contribution >= 4 is 23.6 Å². The van der Waals surface area contributed by atoms with Gasteiger partial charge in [0.2, 0.25) is 5.91 Å². The first-order chi connectivity index (χ1) is 12.2. The standard InChI is InChI=1S/C17H22N4O3S/c22-15(20-5-1-2-6-20)9-24-13-7-17(25-10-13)11-21(12-17)16(23)14-8-18-3-4-19-14/h3-4,8,13H,1-2,5-7,9-12H2/t13-/m1/s1. The highest BCUT2D eigenvalue weighted by molar-refractivity contribution is 8.01. The van der Waals surface area contributed by atoms with Gasteiger partial charge < -0.3 is 14.5 Å². The molecule has 134 valence electrons. The zero-order valence-electron chi connectivity index (χ0n) is 14.1. The maximum Gasteiger partial charge on any atom is 0.274 e. The molecular formula is C17H22N4O3S. The maximum atomic E-state index is 12.3. The largest absolute Gasteiger partial charge is 0.367 e. The van der Waals surface area contributed by atoms with E-state index in [1.807, 2.05) is 21.6 Å². The molecule has 0 aromatic carbocycles. The number of hydrogen-bond acceptors (Lipinski definition) is 6. The Morgan fingerprint density at radius 1 is 1.24 bits per heavy atom. The first kappa shape index (κ1) is 16.8. The van der Waals surface area contributed by atoms with Crippen LogP contribution in [0.1, 0.15) is 29.8 Å². The molecule has 3 fully saturated rings. The molecule has 0 radical (unpaired) electrons. The second kappa shape index (κ2) is 6.92. The van der Waals surface area contributed by atoms with Crippen LogP contribution in [0.5, 0.6) is 0 Å². The summed E-state index contributed by atoms with van der Waals surface area (Å²) < 4.78 is 5.93. The van der Waals surface area contributed by atoms with E-state index < -0.39 is 0 Å². The van der Waals surface area contributed by atoms with Gasteiger partial charge in [-0.15, -0.1) is 11.8 Å². The van der Waals surface area contributed by atoms with E-state index in [4.69, 9.17) is 4.74 Å². The topological polar surface area (TPSA) is 75.6 Å². The van der Waals surface area contributed by atoms with E-state index in [2.05, 4.69) is 9.97 Å². The van der Waals surface area contributed by atoms with Crippen molar-refractivity contribution in [2.75, 3.05) is 38.5 Å². The summed E-state index contributed by atoms with van der Waals surface area (Å²) in [5, 5.41) is 0. The first-order valence-electron chi connectivity index (χ1n) is 8.74. The summed E-state index contributed by atoms with van der Waals surface area (Å²) >= 11 is 1.86. The predicted molar refractivity (Wildman–Crippen MR) is 93.3 cm³/mol. The van der Waals surface area contributed by atoms with Gasteiger partial charge in [0, 0.05) is 44.3 Å². The van der Waals surface area contributed by atoms with E-state index in [1.54, 1.807) is 6.20 Å². The number of thioether (sulfide) groups is 1. The van der Waals surface area contributed by atoms with Crippen molar-refractivity contribution in [3.8, 4) is 0 Å². The highest BCUT2D eigenvalue weighted by Crippen LogP contribution is 2.46. The minimum Gasteiger partial charge on any atom is -0.367 e. The Balaban J connectivity index is 1.23. The number of carbonyl (C=O) groups is 2. The molecule has 3 aliphatic heterocycles. The Hall–Kier alpha value is -1.67. The van der Waals surface area contributed by atoms with Gasteiger partial charge in [-0.1, -0.05) is 0 Å². The number of rotatable bonds is 4. The van der Waals surface area contributed by atoms with Crippen LogP contribution in [0.2, 0.25) is 0 Å². The maximum absolute atomic E-state index is 12.3. The molecular weight excluding hydrogens is 340 g/mol. The smallest absolute Gasteiger partial charge is 0.274 e. The van der Waals surface area contributed by atoms with Crippen LogP contribution in [-0.2, 0) is 9.53 Å². The molecule has 3 saturated heterocycles. The van der Waals surface area contributed by atoms with Gasteiger partial charge in [-0.2, -0.15) is 0 Å². The van der Waals surface area contributed by atoms with Crippen molar-refractivity contribution < 1.29 is 14.3 Å². The van der Waals surface area contributed by atoms with Gasteiger partial charge in [-0.05, 0) is 19.3 Å². The van der Waals surface area contributed by atoms with Gasteiger partial charge in [0.15, 0.2) is 0 Å². The molecule has 25 heavy (non-hydrogen) atoms. The van der Waals surface area contributed by atoms with E-state index in [0.29, 0.717) is 18.8 Å². The van der Waals surface area contributed by atoms with Crippen molar-refractivity contribution in [2.24, 2.45) is 0 Å². The zero-order chi connectivity index (χ0) is 17.3. The number of carbonyl (C=O) groups excluding carboxylic acids is 2. The van der Waals surface area contributed by atoms with Gasteiger partial charge in [0.05, 0.1) is 17.0 Å². The number of hydrogen-bond donors (Lipinski definition) is 0. The monoisotopic (exact) mass is 362 g/mol. The molecule has 0 saturated carbocycles. The molecule has 8 heteroatoms. The summed E-state index contributed by atoms with van der Waals surface area (Å²) in [5.41, 5.74) is 0.393. The third-order valence-corrected chi connectivity index (χ3v) is 6.68. The summed E-state index contributed by atoms with van der Waals surface area (Å²) in [6.07, 6.45) is 7.81. The third-order valence-electron chi connectivity index (χ3n) is 5.10. The fourth-order valence-electron chi connectivity index (χ4n) is 3.74. The summed E-state index contributed by atoms with van der Waals surface area (Å²) in [6, 6.07) is 0. The van der Waals surface area contributed by atoms with Crippen LogP contribution in [0.15, 0.2) is 18.6 Å². The van der Waals surface area contributed by atoms with E-state index in [-0.39, 0.29) is 29.3 Å². The van der Waals surface area contributed by atoms with Crippen LogP contribution in [0.3, 0.4) is 0 Å². The van der Waals surface area contributed by atoms with Crippen LogP contribution >= 0.6 is 11.8 Å².